The normalized spacial score (nSPS) is 15.4. The van der Waals surface area contributed by atoms with Gasteiger partial charge < -0.3 is 5.73 Å². The lowest BCUT2D eigenvalue weighted by Gasteiger charge is -2.09. The van der Waals surface area contributed by atoms with Gasteiger partial charge in [-0.25, -0.2) is 4.98 Å². The molecule has 0 atom stereocenters. The van der Waals surface area contributed by atoms with Gasteiger partial charge in [-0.15, -0.1) is 0 Å². The summed E-state index contributed by atoms with van der Waals surface area (Å²) in [5.74, 6) is 0.0837. The predicted octanol–water partition coefficient (Wildman–Crippen LogP) is 2.69. The second-order valence-electron chi connectivity index (χ2n) is 4.88. The topological polar surface area (TPSA) is 76.7 Å². The van der Waals surface area contributed by atoms with Crippen LogP contribution in [0.4, 0.5) is 18.9 Å². The number of anilines is 1. The fraction of sp³-hybridized carbons (Fsp3) is 0.333. The molecule has 0 amide bonds. The minimum Gasteiger partial charge on any atom is -0.393 e. The molecule has 0 aromatic carbocycles. The van der Waals surface area contributed by atoms with Crippen molar-refractivity contribution in [1.29, 1.82) is 0 Å². The summed E-state index contributed by atoms with van der Waals surface area (Å²) in [5.41, 5.74) is 4.80. The van der Waals surface area contributed by atoms with E-state index < -0.39 is 17.3 Å². The van der Waals surface area contributed by atoms with Gasteiger partial charge in [0, 0.05) is 12.1 Å². The first-order chi connectivity index (χ1) is 9.79. The number of rotatable bonds is 2. The number of aromatic amines is 1. The lowest BCUT2D eigenvalue weighted by atomic mass is 10.2. The van der Waals surface area contributed by atoms with Crippen molar-refractivity contribution in [2.45, 2.75) is 24.9 Å². The number of hydrogen-bond acceptors (Lipinski definition) is 3. The van der Waals surface area contributed by atoms with Crippen LogP contribution in [0.15, 0.2) is 17.1 Å². The van der Waals surface area contributed by atoms with Gasteiger partial charge in [0.25, 0.3) is 5.56 Å². The van der Waals surface area contributed by atoms with Gasteiger partial charge >= 0.3 is 6.18 Å². The molecule has 0 bridgehead atoms. The first-order valence-electron chi connectivity index (χ1n) is 6.12. The van der Waals surface area contributed by atoms with Crippen molar-refractivity contribution in [2.24, 2.45) is 0 Å². The summed E-state index contributed by atoms with van der Waals surface area (Å²) in [4.78, 5) is 15.7. The van der Waals surface area contributed by atoms with Crippen molar-refractivity contribution in [2.75, 3.05) is 5.73 Å². The molecule has 1 aliphatic rings. The Morgan fingerprint density at radius 2 is 2.10 bits per heavy atom. The van der Waals surface area contributed by atoms with Crippen molar-refractivity contribution < 1.29 is 13.2 Å². The van der Waals surface area contributed by atoms with Crippen LogP contribution >= 0.6 is 11.6 Å². The van der Waals surface area contributed by atoms with E-state index in [4.69, 9.17) is 17.3 Å². The number of nitrogen functional groups attached to an aromatic ring is 1. The number of nitrogens with zero attached hydrogens (tertiary/aromatic N) is 2. The van der Waals surface area contributed by atoms with E-state index in [0.29, 0.717) is 11.9 Å². The molecule has 0 saturated heterocycles. The highest BCUT2D eigenvalue weighted by Crippen LogP contribution is 2.41. The highest BCUT2D eigenvalue weighted by molar-refractivity contribution is 6.32. The molecular formula is C12H10ClF3N4O. The minimum absolute atomic E-state index is 0.0512. The molecular weight excluding hydrogens is 309 g/mol. The molecule has 1 saturated carbocycles. The van der Waals surface area contributed by atoms with E-state index in [1.807, 2.05) is 0 Å². The maximum atomic E-state index is 12.6. The predicted molar refractivity (Wildman–Crippen MR) is 70.6 cm³/mol. The van der Waals surface area contributed by atoms with E-state index in [1.54, 1.807) is 0 Å². The Morgan fingerprint density at radius 1 is 1.43 bits per heavy atom. The third-order valence-electron chi connectivity index (χ3n) is 3.30. The van der Waals surface area contributed by atoms with Crippen LogP contribution in [0.1, 0.15) is 30.0 Å². The third-order valence-corrected chi connectivity index (χ3v) is 3.58. The van der Waals surface area contributed by atoms with Crippen LogP contribution in [0.3, 0.4) is 0 Å². The lowest BCUT2D eigenvalue weighted by Crippen LogP contribution is -2.18. The van der Waals surface area contributed by atoms with E-state index >= 15 is 0 Å². The minimum atomic E-state index is -4.55. The van der Waals surface area contributed by atoms with Gasteiger partial charge in [0.1, 0.15) is 5.69 Å². The van der Waals surface area contributed by atoms with Gasteiger partial charge in [-0.05, 0) is 18.9 Å². The third kappa shape index (κ3) is 2.39. The summed E-state index contributed by atoms with van der Waals surface area (Å²) in [6.07, 6.45) is -2.09. The summed E-state index contributed by atoms with van der Waals surface area (Å²) >= 11 is 5.82. The van der Waals surface area contributed by atoms with Crippen molar-refractivity contribution in [3.8, 4) is 5.82 Å². The zero-order chi connectivity index (χ0) is 15.4. The molecule has 1 fully saturated rings. The zero-order valence-corrected chi connectivity index (χ0v) is 11.3. The van der Waals surface area contributed by atoms with Crippen LogP contribution in [0.5, 0.6) is 0 Å². The highest BCUT2D eigenvalue weighted by Gasteiger charge is 2.33. The molecule has 21 heavy (non-hydrogen) atoms. The summed E-state index contributed by atoms with van der Waals surface area (Å²) in [6, 6.07) is 0.726. The number of pyridine rings is 1. The molecule has 5 nitrogen and oxygen atoms in total. The first kappa shape index (κ1) is 14.0. The quantitative estimate of drug-likeness (QED) is 0.893. The monoisotopic (exact) mass is 318 g/mol. The van der Waals surface area contributed by atoms with Crippen molar-refractivity contribution in [3.63, 3.8) is 0 Å². The molecule has 2 aromatic rings. The molecule has 0 unspecified atom stereocenters. The zero-order valence-electron chi connectivity index (χ0n) is 10.5. The van der Waals surface area contributed by atoms with Gasteiger partial charge in [-0.3, -0.25) is 9.89 Å². The summed E-state index contributed by atoms with van der Waals surface area (Å²) in [6.45, 7) is 0. The largest absolute Gasteiger partial charge is 0.417 e. The maximum Gasteiger partial charge on any atom is 0.417 e. The number of nitrogens with two attached hydrogens (primary N) is 1. The summed E-state index contributed by atoms with van der Waals surface area (Å²) in [7, 11) is 0. The van der Waals surface area contributed by atoms with Gasteiger partial charge in [0.15, 0.2) is 5.82 Å². The average Bonchev–Trinajstić information content (AvgIpc) is 3.19. The van der Waals surface area contributed by atoms with Crippen molar-refractivity contribution in [3.05, 3.63) is 38.9 Å². The van der Waals surface area contributed by atoms with Gasteiger partial charge in [0.2, 0.25) is 0 Å². The Morgan fingerprint density at radius 3 is 2.62 bits per heavy atom. The second kappa shape index (κ2) is 4.52. The number of nitrogens with one attached hydrogen (secondary N) is 1. The van der Waals surface area contributed by atoms with Crippen molar-refractivity contribution >= 4 is 17.3 Å². The van der Waals surface area contributed by atoms with Crippen molar-refractivity contribution in [1.82, 2.24) is 14.8 Å². The van der Waals surface area contributed by atoms with E-state index in [1.165, 1.54) is 0 Å². The smallest absolute Gasteiger partial charge is 0.393 e. The fourth-order valence-corrected chi connectivity index (χ4v) is 2.30. The van der Waals surface area contributed by atoms with Crippen LogP contribution in [-0.2, 0) is 6.18 Å². The van der Waals surface area contributed by atoms with Crippen LogP contribution in [0.2, 0.25) is 5.02 Å². The lowest BCUT2D eigenvalue weighted by molar-refractivity contribution is -0.137. The molecule has 2 aromatic heterocycles. The number of halogens is 4. The van der Waals surface area contributed by atoms with Crippen LogP contribution in [0.25, 0.3) is 5.82 Å². The first-order valence-corrected chi connectivity index (χ1v) is 6.50. The maximum absolute atomic E-state index is 12.6. The van der Waals surface area contributed by atoms with E-state index in [2.05, 4.69) is 10.1 Å². The highest BCUT2D eigenvalue weighted by atomic mass is 35.5. The SMILES string of the molecule is Nc1c(C2CC2)[nH]n(-c2ncc(C(F)(F)F)cc2Cl)c1=O. The molecule has 0 spiro atoms. The molecule has 0 aliphatic heterocycles. The Balaban J connectivity index is 2.09. The van der Waals surface area contributed by atoms with E-state index in [0.717, 1.165) is 23.6 Å². The van der Waals surface area contributed by atoms with Gasteiger partial charge in [0.05, 0.1) is 16.3 Å². The molecule has 1 aliphatic carbocycles. The van der Waals surface area contributed by atoms with E-state index in [-0.39, 0.29) is 22.4 Å². The Hall–Kier alpha value is -1.96. The molecule has 112 valence electrons. The Kier molecular flexibility index (Phi) is 3.01. The standard InChI is InChI=1S/C12H10ClF3N4O/c13-7-3-6(12(14,15)16)4-18-10(7)20-11(21)8(17)9(19-20)5-1-2-5/h3-5,19H,1-2,17H2. The molecule has 9 heteroatoms. The number of hydrogen-bond donors (Lipinski definition) is 2. The second-order valence-corrected chi connectivity index (χ2v) is 5.29. The van der Waals surface area contributed by atoms with Crippen LogP contribution in [-0.4, -0.2) is 14.8 Å². The molecule has 3 rings (SSSR count). The average molecular weight is 319 g/mol. The van der Waals surface area contributed by atoms with Crippen LogP contribution < -0.4 is 11.3 Å². The Bertz CT molecular complexity index is 761. The molecule has 3 N–H and O–H groups in total. The summed E-state index contributed by atoms with van der Waals surface area (Å²) < 4.78 is 38.7. The molecule has 2 heterocycles. The van der Waals surface area contributed by atoms with Gasteiger partial charge in [-0.1, -0.05) is 11.6 Å². The van der Waals surface area contributed by atoms with Gasteiger partial charge in [-0.2, -0.15) is 17.9 Å². The fourth-order valence-electron chi connectivity index (χ4n) is 2.05. The Labute approximate surface area is 121 Å². The number of aromatic nitrogens is 3. The number of alkyl halides is 3. The summed E-state index contributed by atoms with van der Waals surface area (Å²) in [5, 5.41) is 2.50. The van der Waals surface area contributed by atoms with Crippen LogP contribution in [0, 0.1) is 0 Å². The number of H-pyrrole nitrogens is 1. The van der Waals surface area contributed by atoms with E-state index in [9.17, 15) is 18.0 Å². The molecule has 0 radical (unpaired) electrons.